The van der Waals surface area contributed by atoms with E-state index in [0.717, 1.165) is 5.57 Å². The van der Waals surface area contributed by atoms with Crippen LogP contribution in [0.1, 0.15) is 31.2 Å². The maximum atomic E-state index is 13.3. The second kappa shape index (κ2) is 8.20. The zero-order valence-electron chi connectivity index (χ0n) is 18.4. The number of Topliss-reactive ketones (excluding diaryl/α,β-unsaturated/α-hetero) is 1. The van der Waals surface area contributed by atoms with Crippen LogP contribution in [0.4, 0.5) is 0 Å². The van der Waals surface area contributed by atoms with Gasteiger partial charge in [0.05, 0.1) is 28.5 Å². The number of benzene rings is 1. The van der Waals surface area contributed by atoms with Gasteiger partial charge < -0.3 is 9.84 Å². The maximum absolute atomic E-state index is 13.3. The third-order valence-electron chi connectivity index (χ3n) is 7.34. The number of methoxy groups -OCH3 is 1. The van der Waals surface area contributed by atoms with Crippen LogP contribution in [0.3, 0.4) is 0 Å². The number of fused-ring (bicyclic) bond motifs is 3. The molecular formula is C25H21BrClNO6. The summed E-state index contributed by atoms with van der Waals surface area (Å²) >= 11 is 9.48. The van der Waals surface area contributed by atoms with Gasteiger partial charge in [-0.05, 0) is 59.3 Å². The summed E-state index contributed by atoms with van der Waals surface area (Å²) in [7, 11) is 1.39. The van der Waals surface area contributed by atoms with Crippen molar-refractivity contribution in [2.24, 2.45) is 17.8 Å². The van der Waals surface area contributed by atoms with Gasteiger partial charge >= 0.3 is 0 Å². The van der Waals surface area contributed by atoms with Gasteiger partial charge in [0.1, 0.15) is 0 Å². The zero-order chi connectivity index (χ0) is 24.5. The number of aromatic hydroxyl groups is 1. The monoisotopic (exact) mass is 545 g/mol. The van der Waals surface area contributed by atoms with Gasteiger partial charge in [0.15, 0.2) is 23.1 Å². The molecule has 1 N–H and O–H groups in total. The summed E-state index contributed by atoms with van der Waals surface area (Å²) in [5, 5.41) is 10.3. The zero-order valence-corrected chi connectivity index (χ0v) is 20.8. The Morgan fingerprint density at radius 2 is 1.91 bits per heavy atom. The molecule has 1 heterocycles. The lowest BCUT2D eigenvalue weighted by molar-refractivity contribution is -0.139. The van der Waals surface area contributed by atoms with E-state index in [1.54, 1.807) is 19.1 Å². The Bertz CT molecular complexity index is 1280. The summed E-state index contributed by atoms with van der Waals surface area (Å²) in [6.07, 6.45) is 3.78. The summed E-state index contributed by atoms with van der Waals surface area (Å²) < 4.78 is 5.44. The van der Waals surface area contributed by atoms with Crippen LogP contribution in [-0.4, -0.2) is 47.0 Å². The minimum absolute atomic E-state index is 0.0449. The molecule has 0 bridgehead atoms. The van der Waals surface area contributed by atoms with Gasteiger partial charge in [-0.25, -0.2) is 0 Å². The number of ketones is 2. The Morgan fingerprint density at radius 1 is 1.18 bits per heavy atom. The van der Waals surface area contributed by atoms with Gasteiger partial charge in [-0.3, -0.25) is 24.1 Å². The molecule has 4 unspecified atom stereocenters. The molecule has 0 saturated carbocycles. The van der Waals surface area contributed by atoms with Crippen molar-refractivity contribution in [2.45, 2.75) is 25.7 Å². The number of imide groups is 1. The molecule has 1 saturated heterocycles. The van der Waals surface area contributed by atoms with Crippen molar-refractivity contribution in [1.82, 2.24) is 4.90 Å². The highest BCUT2D eigenvalue weighted by Crippen LogP contribution is 2.56. The minimum Gasteiger partial charge on any atom is -0.503 e. The van der Waals surface area contributed by atoms with Crippen molar-refractivity contribution < 1.29 is 29.0 Å². The van der Waals surface area contributed by atoms with Gasteiger partial charge in [-0.1, -0.05) is 23.3 Å². The van der Waals surface area contributed by atoms with E-state index >= 15 is 0 Å². The molecule has 1 aliphatic heterocycles. The van der Waals surface area contributed by atoms with E-state index in [1.807, 2.05) is 6.08 Å². The molecule has 0 radical (unpaired) electrons. The fraction of sp³-hybridized carbons (Fsp3) is 0.360. The number of hydrogen-bond acceptors (Lipinski definition) is 6. The number of amides is 2. The summed E-state index contributed by atoms with van der Waals surface area (Å²) in [5.74, 6) is -3.26. The second-order valence-corrected chi connectivity index (χ2v) is 10.1. The average molecular weight is 547 g/mol. The summed E-state index contributed by atoms with van der Waals surface area (Å²) in [5.41, 5.74) is 2.06. The number of carbonyl (C=O) groups is 4. The number of phenolic OH excluding ortho intramolecular Hbond substituents is 1. The molecule has 4 atom stereocenters. The predicted octanol–water partition coefficient (Wildman–Crippen LogP) is 3.84. The quantitative estimate of drug-likeness (QED) is 0.351. The lowest BCUT2D eigenvalue weighted by Crippen LogP contribution is -2.39. The van der Waals surface area contributed by atoms with Crippen LogP contribution in [0.5, 0.6) is 11.5 Å². The first-order valence-corrected chi connectivity index (χ1v) is 12.2. The molecule has 176 valence electrons. The first-order valence-electron chi connectivity index (χ1n) is 11.0. The third kappa shape index (κ3) is 3.15. The Hall–Kier alpha value is -2.71. The molecule has 0 spiro atoms. The number of phenols is 1. The van der Waals surface area contributed by atoms with E-state index in [4.69, 9.17) is 16.3 Å². The predicted molar refractivity (Wildman–Crippen MR) is 127 cm³/mol. The molecule has 0 aromatic heterocycles. The van der Waals surface area contributed by atoms with Crippen molar-refractivity contribution in [3.8, 4) is 11.5 Å². The van der Waals surface area contributed by atoms with E-state index in [9.17, 15) is 24.3 Å². The fourth-order valence-corrected chi connectivity index (χ4v) is 6.55. The number of likely N-dealkylation sites (tertiary alicyclic amines) is 1. The number of carbonyl (C=O) groups excluding carboxylic acids is 4. The van der Waals surface area contributed by atoms with Gasteiger partial charge in [0.25, 0.3) is 0 Å². The lowest BCUT2D eigenvalue weighted by Gasteiger charge is -2.42. The van der Waals surface area contributed by atoms with Gasteiger partial charge in [0, 0.05) is 29.7 Å². The van der Waals surface area contributed by atoms with Gasteiger partial charge in [0.2, 0.25) is 11.8 Å². The molecule has 2 amide bonds. The summed E-state index contributed by atoms with van der Waals surface area (Å²) in [6.45, 7) is 2.06. The smallest absolute Gasteiger partial charge is 0.233 e. The number of rotatable bonds is 3. The Morgan fingerprint density at radius 3 is 2.59 bits per heavy atom. The number of halogens is 2. The first kappa shape index (κ1) is 23.1. The van der Waals surface area contributed by atoms with E-state index < -0.39 is 23.7 Å². The minimum atomic E-state index is -0.659. The number of nitrogens with zero attached hydrogens (tertiary/aromatic N) is 1. The molecule has 1 aromatic carbocycles. The molecule has 9 heteroatoms. The molecular weight excluding hydrogens is 526 g/mol. The molecule has 1 aromatic rings. The number of ether oxygens (including phenoxy) is 1. The van der Waals surface area contributed by atoms with Gasteiger partial charge in [-0.2, -0.15) is 0 Å². The standard InChI is InChI=1S/C25H21BrClNO6/c1-3-28-24(32)12-5-4-11-13(20(12)25(28)33)8-14-21(17(29)9-15(26)22(14)30)19(11)10-6-16(27)23(31)18(7-10)34-2/h4,6-7,9,12-13,19-20,31H,3,5,8H2,1-2H3. The largest absolute Gasteiger partial charge is 0.503 e. The first-order chi connectivity index (χ1) is 16.2. The normalized spacial score (nSPS) is 28.4. The van der Waals surface area contributed by atoms with Crippen LogP contribution in [0.2, 0.25) is 5.02 Å². The number of hydrogen-bond donors (Lipinski definition) is 1. The van der Waals surface area contributed by atoms with Gasteiger partial charge in [-0.15, -0.1) is 0 Å². The topological polar surface area (TPSA) is 101 Å². The molecule has 3 aliphatic carbocycles. The Labute approximate surface area is 209 Å². The van der Waals surface area contributed by atoms with Crippen LogP contribution < -0.4 is 4.74 Å². The summed E-state index contributed by atoms with van der Waals surface area (Å²) in [4.78, 5) is 53.8. The lowest BCUT2D eigenvalue weighted by atomic mass is 9.59. The Balaban J connectivity index is 1.73. The molecule has 1 fully saturated rings. The summed E-state index contributed by atoms with van der Waals surface area (Å²) in [6, 6.07) is 3.14. The second-order valence-electron chi connectivity index (χ2n) is 8.87. The molecule has 5 rings (SSSR count). The van der Waals surface area contributed by atoms with Crippen molar-refractivity contribution in [3.05, 3.63) is 56.1 Å². The van der Waals surface area contributed by atoms with Crippen molar-refractivity contribution in [2.75, 3.05) is 13.7 Å². The third-order valence-corrected chi connectivity index (χ3v) is 8.22. The van der Waals surface area contributed by atoms with Crippen LogP contribution >= 0.6 is 27.5 Å². The molecule has 34 heavy (non-hydrogen) atoms. The number of allylic oxidation sites excluding steroid dienone is 6. The van der Waals surface area contributed by atoms with Crippen molar-refractivity contribution in [3.63, 3.8) is 0 Å². The highest BCUT2D eigenvalue weighted by Gasteiger charge is 2.56. The van der Waals surface area contributed by atoms with E-state index in [1.165, 1.54) is 18.1 Å². The average Bonchev–Trinajstić information content (AvgIpc) is 3.07. The van der Waals surface area contributed by atoms with E-state index in [-0.39, 0.29) is 50.8 Å². The SMILES string of the molecule is CCN1C(=O)C2CC=C3C(c4cc(Cl)c(O)c(OC)c4)C4=C(CC3C2C1=O)C(=O)C(Br)=CC4=O. The van der Waals surface area contributed by atoms with Crippen molar-refractivity contribution in [1.29, 1.82) is 0 Å². The highest BCUT2D eigenvalue weighted by molar-refractivity contribution is 9.12. The maximum Gasteiger partial charge on any atom is 0.233 e. The molecule has 4 aliphatic rings. The van der Waals surface area contributed by atoms with Crippen LogP contribution in [0.15, 0.2) is 45.5 Å². The fourth-order valence-electron chi connectivity index (χ4n) is 5.88. The molecule has 7 nitrogen and oxygen atoms in total. The van der Waals surface area contributed by atoms with Crippen molar-refractivity contribution >= 4 is 50.9 Å². The Kier molecular flexibility index (Phi) is 5.56. The van der Waals surface area contributed by atoms with Crippen LogP contribution in [-0.2, 0) is 19.2 Å². The highest BCUT2D eigenvalue weighted by atomic mass is 79.9. The van der Waals surface area contributed by atoms with E-state index in [2.05, 4.69) is 15.9 Å². The van der Waals surface area contributed by atoms with Crippen LogP contribution in [0, 0.1) is 17.8 Å². The van der Waals surface area contributed by atoms with Crippen LogP contribution in [0.25, 0.3) is 0 Å². The van der Waals surface area contributed by atoms with E-state index in [0.29, 0.717) is 29.7 Å².